The standard InChI is InChI=1S/C21H25N/c1-20(2,3)17-12-16(13-18(14-17)21(4,5)6)15-8-10-19(22-7)11-9-15/h8-14H,1-6H3. The van der Waals surface area contributed by atoms with E-state index in [1.807, 2.05) is 24.3 Å². The van der Waals surface area contributed by atoms with Crippen molar-refractivity contribution in [1.29, 1.82) is 0 Å². The van der Waals surface area contributed by atoms with Gasteiger partial charge in [0.15, 0.2) is 5.69 Å². The van der Waals surface area contributed by atoms with Crippen LogP contribution in [0.1, 0.15) is 52.7 Å². The lowest BCUT2D eigenvalue weighted by atomic mass is 9.79. The molecule has 2 aromatic carbocycles. The Hall–Kier alpha value is -2.07. The fourth-order valence-electron chi connectivity index (χ4n) is 2.39. The Morgan fingerprint density at radius 2 is 1.14 bits per heavy atom. The van der Waals surface area contributed by atoms with Crippen molar-refractivity contribution in [1.82, 2.24) is 0 Å². The van der Waals surface area contributed by atoms with Crippen LogP contribution in [0.4, 0.5) is 5.69 Å². The predicted molar refractivity (Wildman–Crippen MR) is 95.5 cm³/mol. The summed E-state index contributed by atoms with van der Waals surface area (Å²) >= 11 is 0. The van der Waals surface area contributed by atoms with E-state index in [9.17, 15) is 0 Å². The van der Waals surface area contributed by atoms with Crippen LogP contribution in [0.25, 0.3) is 16.0 Å². The second kappa shape index (κ2) is 5.61. The molecule has 0 heterocycles. The molecule has 2 rings (SSSR count). The van der Waals surface area contributed by atoms with E-state index in [-0.39, 0.29) is 10.8 Å². The Balaban J connectivity index is 2.62. The highest BCUT2D eigenvalue weighted by Crippen LogP contribution is 2.34. The molecule has 0 atom stereocenters. The van der Waals surface area contributed by atoms with E-state index in [1.165, 1.54) is 22.3 Å². The lowest BCUT2D eigenvalue weighted by Crippen LogP contribution is -2.16. The van der Waals surface area contributed by atoms with Gasteiger partial charge in [0.2, 0.25) is 0 Å². The Bertz CT molecular complexity index is 669. The predicted octanol–water partition coefficient (Wildman–Crippen LogP) is 6.50. The molecule has 0 aliphatic rings. The van der Waals surface area contributed by atoms with Crippen molar-refractivity contribution in [3.63, 3.8) is 0 Å². The number of benzene rings is 2. The quantitative estimate of drug-likeness (QED) is 0.528. The second-order valence-corrected chi connectivity index (χ2v) is 7.96. The number of rotatable bonds is 1. The third kappa shape index (κ3) is 3.57. The van der Waals surface area contributed by atoms with Gasteiger partial charge in [-0.05, 0) is 33.1 Å². The van der Waals surface area contributed by atoms with Gasteiger partial charge in [-0.25, -0.2) is 4.85 Å². The van der Waals surface area contributed by atoms with Crippen molar-refractivity contribution in [2.45, 2.75) is 52.4 Å². The van der Waals surface area contributed by atoms with Gasteiger partial charge in [-0.3, -0.25) is 0 Å². The zero-order valence-corrected chi connectivity index (χ0v) is 14.5. The van der Waals surface area contributed by atoms with Crippen molar-refractivity contribution in [3.05, 3.63) is 65.0 Å². The van der Waals surface area contributed by atoms with Crippen LogP contribution in [0.15, 0.2) is 42.5 Å². The van der Waals surface area contributed by atoms with Crippen molar-refractivity contribution in [2.75, 3.05) is 0 Å². The average Bonchev–Trinajstić information content (AvgIpc) is 2.45. The fraction of sp³-hybridized carbons (Fsp3) is 0.381. The molecule has 0 fully saturated rings. The van der Waals surface area contributed by atoms with Gasteiger partial charge in [-0.1, -0.05) is 84.0 Å². The maximum Gasteiger partial charge on any atom is 0.187 e. The summed E-state index contributed by atoms with van der Waals surface area (Å²) in [4.78, 5) is 3.47. The van der Waals surface area contributed by atoms with Crippen molar-refractivity contribution in [3.8, 4) is 11.1 Å². The summed E-state index contributed by atoms with van der Waals surface area (Å²) in [6, 6.07) is 14.8. The maximum absolute atomic E-state index is 7.08. The monoisotopic (exact) mass is 291 g/mol. The summed E-state index contributed by atoms with van der Waals surface area (Å²) in [5.74, 6) is 0. The summed E-state index contributed by atoms with van der Waals surface area (Å²) < 4.78 is 0. The van der Waals surface area contributed by atoms with Crippen LogP contribution >= 0.6 is 0 Å². The molecule has 0 saturated carbocycles. The molecule has 0 N–H and O–H groups in total. The third-order valence-electron chi connectivity index (χ3n) is 3.99. The molecule has 0 amide bonds. The normalized spacial score (nSPS) is 12.0. The molecule has 0 aromatic heterocycles. The summed E-state index contributed by atoms with van der Waals surface area (Å²) in [5.41, 5.74) is 6.02. The van der Waals surface area contributed by atoms with E-state index < -0.39 is 0 Å². The minimum atomic E-state index is 0.118. The average molecular weight is 291 g/mol. The fourth-order valence-corrected chi connectivity index (χ4v) is 2.39. The molecule has 0 aliphatic heterocycles. The smallest absolute Gasteiger partial charge is 0.187 e. The minimum absolute atomic E-state index is 0.118. The van der Waals surface area contributed by atoms with Gasteiger partial charge in [0, 0.05) is 0 Å². The van der Waals surface area contributed by atoms with Gasteiger partial charge < -0.3 is 0 Å². The van der Waals surface area contributed by atoms with Gasteiger partial charge in [0.25, 0.3) is 0 Å². The molecule has 0 saturated heterocycles. The maximum atomic E-state index is 7.08. The molecule has 0 spiro atoms. The molecule has 0 radical (unpaired) electrons. The Morgan fingerprint density at radius 3 is 1.50 bits per heavy atom. The van der Waals surface area contributed by atoms with Crippen molar-refractivity contribution in [2.24, 2.45) is 0 Å². The van der Waals surface area contributed by atoms with E-state index in [1.54, 1.807) is 0 Å². The van der Waals surface area contributed by atoms with Crippen LogP contribution in [0.3, 0.4) is 0 Å². The van der Waals surface area contributed by atoms with E-state index in [0.717, 1.165) is 0 Å². The zero-order chi connectivity index (χ0) is 16.5. The van der Waals surface area contributed by atoms with Crippen LogP contribution in [-0.4, -0.2) is 0 Å². The highest BCUT2D eigenvalue weighted by molar-refractivity contribution is 5.68. The van der Waals surface area contributed by atoms with Gasteiger partial charge in [-0.2, -0.15) is 0 Å². The van der Waals surface area contributed by atoms with E-state index in [0.29, 0.717) is 5.69 Å². The summed E-state index contributed by atoms with van der Waals surface area (Å²) in [7, 11) is 0. The molecule has 0 unspecified atom stereocenters. The lowest BCUT2D eigenvalue weighted by molar-refractivity contribution is 0.569. The second-order valence-electron chi connectivity index (χ2n) is 7.96. The summed E-state index contributed by atoms with van der Waals surface area (Å²) in [6.07, 6.45) is 0. The summed E-state index contributed by atoms with van der Waals surface area (Å²) in [5, 5.41) is 0. The lowest BCUT2D eigenvalue weighted by Gasteiger charge is -2.26. The highest BCUT2D eigenvalue weighted by Gasteiger charge is 2.20. The van der Waals surface area contributed by atoms with Gasteiger partial charge >= 0.3 is 0 Å². The van der Waals surface area contributed by atoms with E-state index in [2.05, 4.69) is 64.6 Å². The molecule has 114 valence electrons. The van der Waals surface area contributed by atoms with Crippen LogP contribution in [0, 0.1) is 6.57 Å². The number of nitrogens with zero attached hydrogens (tertiary/aromatic N) is 1. The molecular weight excluding hydrogens is 266 g/mol. The molecule has 2 aromatic rings. The first-order chi connectivity index (χ1) is 10.1. The highest BCUT2D eigenvalue weighted by atomic mass is 14.6. The van der Waals surface area contributed by atoms with E-state index >= 15 is 0 Å². The van der Waals surface area contributed by atoms with Crippen LogP contribution < -0.4 is 0 Å². The SMILES string of the molecule is [C-]#[N+]c1ccc(-c2cc(C(C)(C)C)cc(C(C)(C)C)c2)cc1. The molecule has 1 heteroatoms. The number of hydrogen-bond donors (Lipinski definition) is 0. The van der Waals surface area contributed by atoms with Crippen LogP contribution in [-0.2, 0) is 10.8 Å². The molecular formula is C21H25N. The third-order valence-corrected chi connectivity index (χ3v) is 3.99. The topological polar surface area (TPSA) is 4.36 Å². The molecule has 0 aliphatic carbocycles. The van der Waals surface area contributed by atoms with Gasteiger partial charge in [0.05, 0.1) is 6.57 Å². The molecule has 22 heavy (non-hydrogen) atoms. The number of hydrogen-bond acceptors (Lipinski definition) is 0. The van der Waals surface area contributed by atoms with Gasteiger partial charge in [0.1, 0.15) is 0 Å². The first kappa shape index (κ1) is 16.3. The van der Waals surface area contributed by atoms with Gasteiger partial charge in [-0.15, -0.1) is 0 Å². The summed E-state index contributed by atoms with van der Waals surface area (Å²) in [6.45, 7) is 20.6. The molecule has 0 bridgehead atoms. The Labute approximate surface area is 134 Å². The minimum Gasteiger partial charge on any atom is -0.238 e. The largest absolute Gasteiger partial charge is 0.238 e. The van der Waals surface area contributed by atoms with Crippen molar-refractivity contribution >= 4 is 5.69 Å². The van der Waals surface area contributed by atoms with Crippen LogP contribution in [0.5, 0.6) is 0 Å². The first-order valence-corrected chi connectivity index (χ1v) is 7.75. The molecule has 1 nitrogen and oxygen atoms in total. The van der Waals surface area contributed by atoms with Crippen molar-refractivity contribution < 1.29 is 0 Å². The zero-order valence-electron chi connectivity index (χ0n) is 14.5. The van der Waals surface area contributed by atoms with Crippen LogP contribution in [0.2, 0.25) is 0 Å². The Morgan fingerprint density at radius 1 is 0.682 bits per heavy atom. The van der Waals surface area contributed by atoms with E-state index in [4.69, 9.17) is 6.57 Å². The first-order valence-electron chi connectivity index (χ1n) is 7.75. The Kier molecular flexibility index (Phi) is 4.16.